The molecule has 0 bridgehead atoms. The zero-order valence-corrected chi connectivity index (χ0v) is 9.72. The van der Waals surface area contributed by atoms with Crippen molar-refractivity contribution in [1.82, 2.24) is 5.32 Å². The Morgan fingerprint density at radius 3 is 2.75 bits per heavy atom. The summed E-state index contributed by atoms with van der Waals surface area (Å²) in [6, 6.07) is 1.01. The maximum atomic E-state index is 6.00. The van der Waals surface area contributed by atoms with Gasteiger partial charge in [0, 0.05) is 16.5 Å². The van der Waals surface area contributed by atoms with Crippen molar-refractivity contribution in [2.45, 2.75) is 44.2 Å². The van der Waals surface area contributed by atoms with Crippen LogP contribution in [0.1, 0.15) is 32.1 Å². The second-order valence-electron chi connectivity index (χ2n) is 3.55. The number of rotatable bonds is 4. The lowest BCUT2D eigenvalue weighted by Crippen LogP contribution is -2.47. The van der Waals surface area contributed by atoms with E-state index in [0.717, 1.165) is 6.54 Å². The molecule has 0 aromatic carbocycles. The van der Waals surface area contributed by atoms with Crippen molar-refractivity contribution < 1.29 is 0 Å². The topological polar surface area (TPSA) is 38.0 Å². The second-order valence-corrected chi connectivity index (χ2v) is 4.63. The first-order valence-corrected chi connectivity index (χ1v) is 6.42. The highest BCUT2D eigenvalue weighted by Crippen LogP contribution is 2.16. The number of hydrogen-bond acceptors (Lipinski definition) is 2. The molecular formula is C9H19IN2. The number of hydrogen-bond donors (Lipinski definition) is 2. The highest BCUT2D eigenvalue weighted by atomic mass is 127. The molecule has 1 saturated carbocycles. The third-order valence-electron chi connectivity index (χ3n) is 2.54. The average Bonchev–Trinajstić information content (AvgIpc) is 2.09. The molecule has 0 amide bonds. The molecule has 0 aromatic rings. The van der Waals surface area contributed by atoms with Gasteiger partial charge in [0.1, 0.15) is 0 Å². The van der Waals surface area contributed by atoms with Crippen LogP contribution >= 0.6 is 22.6 Å². The Bertz CT molecular complexity index is 119. The average molecular weight is 282 g/mol. The highest BCUT2D eigenvalue weighted by molar-refractivity contribution is 14.1. The zero-order valence-electron chi connectivity index (χ0n) is 7.56. The zero-order chi connectivity index (χ0) is 8.81. The van der Waals surface area contributed by atoms with Gasteiger partial charge >= 0.3 is 0 Å². The lowest BCUT2D eigenvalue weighted by molar-refractivity contribution is 0.329. The van der Waals surface area contributed by atoms with E-state index in [9.17, 15) is 0 Å². The standard InChI is InChI=1S/C9H19IN2/c10-6-3-7-12-9-5-2-1-4-8(9)11/h8-9,12H,1-7,11H2. The molecule has 3 N–H and O–H groups in total. The minimum absolute atomic E-state index is 0.410. The molecular weight excluding hydrogens is 263 g/mol. The molecule has 0 spiro atoms. The Hall–Kier alpha value is 0.650. The summed E-state index contributed by atoms with van der Waals surface area (Å²) in [7, 11) is 0. The number of halogens is 1. The molecule has 3 heteroatoms. The van der Waals surface area contributed by atoms with Crippen molar-refractivity contribution in [2.75, 3.05) is 11.0 Å². The van der Waals surface area contributed by atoms with Gasteiger partial charge in [0.2, 0.25) is 0 Å². The fourth-order valence-electron chi connectivity index (χ4n) is 1.77. The smallest absolute Gasteiger partial charge is 0.0219 e. The molecule has 2 unspecified atom stereocenters. The van der Waals surface area contributed by atoms with Crippen LogP contribution in [-0.2, 0) is 0 Å². The van der Waals surface area contributed by atoms with E-state index in [1.165, 1.54) is 36.5 Å². The summed E-state index contributed by atoms with van der Waals surface area (Å²) in [6.45, 7) is 1.14. The van der Waals surface area contributed by atoms with Crippen LogP contribution in [0.5, 0.6) is 0 Å². The van der Waals surface area contributed by atoms with Gasteiger partial charge in [-0.25, -0.2) is 0 Å². The van der Waals surface area contributed by atoms with E-state index >= 15 is 0 Å². The Balaban J connectivity index is 2.11. The first-order chi connectivity index (χ1) is 5.84. The molecule has 12 heavy (non-hydrogen) atoms. The molecule has 2 nitrogen and oxygen atoms in total. The summed E-state index contributed by atoms with van der Waals surface area (Å²) in [5.74, 6) is 0. The molecule has 0 heterocycles. The summed E-state index contributed by atoms with van der Waals surface area (Å²) in [5, 5.41) is 3.54. The van der Waals surface area contributed by atoms with E-state index in [1.54, 1.807) is 0 Å². The van der Waals surface area contributed by atoms with E-state index < -0.39 is 0 Å². The summed E-state index contributed by atoms with van der Waals surface area (Å²) in [6.07, 6.45) is 6.44. The fourth-order valence-corrected chi connectivity index (χ4v) is 2.15. The monoisotopic (exact) mass is 282 g/mol. The summed E-state index contributed by atoms with van der Waals surface area (Å²) < 4.78 is 1.24. The van der Waals surface area contributed by atoms with Gasteiger partial charge in [0.15, 0.2) is 0 Å². The highest BCUT2D eigenvalue weighted by Gasteiger charge is 2.20. The molecule has 2 atom stereocenters. The van der Waals surface area contributed by atoms with Crippen molar-refractivity contribution in [2.24, 2.45) is 5.73 Å². The van der Waals surface area contributed by atoms with E-state index in [-0.39, 0.29) is 0 Å². The molecule has 1 aliphatic rings. The first-order valence-electron chi connectivity index (χ1n) is 4.89. The summed E-state index contributed by atoms with van der Waals surface area (Å²) >= 11 is 2.42. The lowest BCUT2D eigenvalue weighted by Gasteiger charge is -2.29. The van der Waals surface area contributed by atoms with Crippen LogP contribution in [0.4, 0.5) is 0 Å². The normalized spacial score (nSPS) is 30.5. The minimum atomic E-state index is 0.410. The Labute approximate surface area is 88.8 Å². The van der Waals surface area contributed by atoms with Crippen molar-refractivity contribution in [3.8, 4) is 0 Å². The van der Waals surface area contributed by atoms with Crippen LogP contribution in [0, 0.1) is 0 Å². The van der Waals surface area contributed by atoms with Gasteiger partial charge in [0.25, 0.3) is 0 Å². The van der Waals surface area contributed by atoms with E-state index in [4.69, 9.17) is 5.73 Å². The number of nitrogens with one attached hydrogen (secondary N) is 1. The van der Waals surface area contributed by atoms with Crippen LogP contribution in [0.25, 0.3) is 0 Å². The van der Waals surface area contributed by atoms with Crippen LogP contribution in [-0.4, -0.2) is 23.1 Å². The summed E-state index contributed by atoms with van der Waals surface area (Å²) in [5.41, 5.74) is 6.00. The SMILES string of the molecule is NC1CCCCC1NCCCI. The van der Waals surface area contributed by atoms with E-state index in [2.05, 4.69) is 27.9 Å². The third kappa shape index (κ3) is 3.58. The summed E-state index contributed by atoms with van der Waals surface area (Å²) in [4.78, 5) is 0. The molecule has 1 rings (SSSR count). The lowest BCUT2D eigenvalue weighted by atomic mass is 9.91. The van der Waals surface area contributed by atoms with Crippen LogP contribution in [0.15, 0.2) is 0 Å². The molecule has 0 aromatic heterocycles. The van der Waals surface area contributed by atoms with Gasteiger partial charge in [-0.1, -0.05) is 35.4 Å². The molecule has 0 saturated heterocycles. The van der Waals surface area contributed by atoms with Gasteiger partial charge in [-0.3, -0.25) is 0 Å². The van der Waals surface area contributed by atoms with Crippen LogP contribution < -0.4 is 11.1 Å². The maximum Gasteiger partial charge on any atom is 0.0219 e. The quantitative estimate of drug-likeness (QED) is 0.467. The molecule has 72 valence electrons. The maximum absolute atomic E-state index is 6.00. The van der Waals surface area contributed by atoms with Crippen LogP contribution in [0.3, 0.4) is 0 Å². The Morgan fingerprint density at radius 1 is 1.33 bits per heavy atom. The minimum Gasteiger partial charge on any atom is -0.326 e. The predicted octanol–water partition coefficient (Wildman–Crippen LogP) is 1.67. The molecule has 1 aliphatic carbocycles. The fraction of sp³-hybridized carbons (Fsp3) is 1.00. The predicted molar refractivity (Wildman–Crippen MR) is 61.7 cm³/mol. The number of nitrogens with two attached hydrogens (primary N) is 1. The second kappa shape index (κ2) is 6.16. The molecule has 0 radical (unpaired) electrons. The van der Waals surface area contributed by atoms with Crippen molar-refractivity contribution >= 4 is 22.6 Å². The van der Waals surface area contributed by atoms with E-state index in [0.29, 0.717) is 12.1 Å². The number of alkyl halides is 1. The van der Waals surface area contributed by atoms with Gasteiger partial charge in [0.05, 0.1) is 0 Å². The third-order valence-corrected chi connectivity index (χ3v) is 3.30. The van der Waals surface area contributed by atoms with Gasteiger partial charge in [-0.2, -0.15) is 0 Å². The molecule has 0 aliphatic heterocycles. The Morgan fingerprint density at radius 2 is 2.08 bits per heavy atom. The van der Waals surface area contributed by atoms with E-state index in [1.807, 2.05) is 0 Å². The van der Waals surface area contributed by atoms with Crippen molar-refractivity contribution in [3.63, 3.8) is 0 Å². The van der Waals surface area contributed by atoms with Gasteiger partial charge < -0.3 is 11.1 Å². The molecule has 1 fully saturated rings. The Kier molecular flexibility index (Phi) is 5.50. The van der Waals surface area contributed by atoms with Gasteiger partial charge in [-0.15, -0.1) is 0 Å². The first kappa shape index (κ1) is 10.7. The van der Waals surface area contributed by atoms with Crippen LogP contribution in [0.2, 0.25) is 0 Å². The van der Waals surface area contributed by atoms with Gasteiger partial charge in [-0.05, 0) is 25.8 Å². The van der Waals surface area contributed by atoms with Crippen molar-refractivity contribution in [3.05, 3.63) is 0 Å². The van der Waals surface area contributed by atoms with Crippen molar-refractivity contribution in [1.29, 1.82) is 0 Å². The largest absolute Gasteiger partial charge is 0.326 e.